The Balaban J connectivity index is 2.50. The molecule has 8 nitrogen and oxygen atoms in total. The summed E-state index contributed by atoms with van der Waals surface area (Å²) in [5, 5.41) is 14.7. The smallest absolute Gasteiger partial charge is 0.323 e. The van der Waals surface area contributed by atoms with Crippen LogP contribution < -0.4 is 5.32 Å². The first kappa shape index (κ1) is 13.7. The van der Waals surface area contributed by atoms with Crippen LogP contribution in [0.5, 0.6) is 0 Å². The summed E-state index contributed by atoms with van der Waals surface area (Å²) in [6.45, 7) is 4.90. The molecule has 1 aromatic rings. The quantitative estimate of drug-likeness (QED) is 0.700. The summed E-state index contributed by atoms with van der Waals surface area (Å²) in [7, 11) is 0. The van der Waals surface area contributed by atoms with Crippen LogP contribution in [0.2, 0.25) is 0 Å². The van der Waals surface area contributed by atoms with Crippen molar-refractivity contribution in [3.05, 3.63) is 24.4 Å². The number of carbonyl (C=O) groups excluding carboxylic acids is 1. The average molecular weight is 254 g/mol. The van der Waals surface area contributed by atoms with E-state index >= 15 is 0 Å². The maximum Gasteiger partial charge on any atom is 0.323 e. The van der Waals surface area contributed by atoms with Gasteiger partial charge in [0.2, 0.25) is 5.89 Å². The van der Waals surface area contributed by atoms with Gasteiger partial charge in [0.1, 0.15) is 6.54 Å². The van der Waals surface area contributed by atoms with Gasteiger partial charge in [0, 0.05) is 6.54 Å². The van der Waals surface area contributed by atoms with Gasteiger partial charge in [0.05, 0.1) is 6.54 Å². The predicted molar refractivity (Wildman–Crippen MR) is 60.7 cm³/mol. The van der Waals surface area contributed by atoms with E-state index in [-0.39, 0.29) is 19.0 Å². The number of carboxylic acids is 1. The highest BCUT2D eigenvalue weighted by Gasteiger charge is 2.15. The molecule has 0 saturated heterocycles. The number of rotatable bonds is 6. The Labute approximate surface area is 103 Å². The van der Waals surface area contributed by atoms with Crippen molar-refractivity contribution in [2.75, 3.05) is 13.1 Å². The first-order valence-electron chi connectivity index (χ1n) is 5.17. The zero-order chi connectivity index (χ0) is 13.5. The Morgan fingerprint density at radius 2 is 2.33 bits per heavy atom. The molecule has 98 valence electrons. The van der Waals surface area contributed by atoms with Crippen LogP contribution in [0, 0.1) is 6.92 Å². The van der Waals surface area contributed by atoms with E-state index in [2.05, 4.69) is 22.0 Å². The maximum atomic E-state index is 11.7. The van der Waals surface area contributed by atoms with Gasteiger partial charge in [-0.2, -0.15) is 4.98 Å². The van der Waals surface area contributed by atoms with Gasteiger partial charge in [0.15, 0.2) is 5.82 Å². The second kappa shape index (κ2) is 6.38. The number of amides is 2. The lowest BCUT2D eigenvalue weighted by Gasteiger charge is -2.18. The minimum atomic E-state index is -1.10. The van der Waals surface area contributed by atoms with Crippen molar-refractivity contribution in [2.45, 2.75) is 13.5 Å². The van der Waals surface area contributed by atoms with Crippen LogP contribution in [0.15, 0.2) is 17.2 Å². The molecule has 18 heavy (non-hydrogen) atoms. The molecular weight excluding hydrogens is 240 g/mol. The molecule has 0 bridgehead atoms. The lowest BCUT2D eigenvalue weighted by atomic mass is 10.4. The van der Waals surface area contributed by atoms with Crippen LogP contribution in [0.3, 0.4) is 0 Å². The van der Waals surface area contributed by atoms with Crippen LogP contribution >= 0.6 is 0 Å². The van der Waals surface area contributed by atoms with Crippen LogP contribution in [0.4, 0.5) is 4.79 Å². The molecule has 1 heterocycles. The number of nitrogens with zero attached hydrogens (tertiary/aromatic N) is 3. The van der Waals surface area contributed by atoms with Crippen LogP contribution in [-0.4, -0.2) is 45.2 Å². The van der Waals surface area contributed by atoms with E-state index in [0.717, 1.165) is 4.90 Å². The fourth-order valence-electron chi connectivity index (χ4n) is 1.21. The summed E-state index contributed by atoms with van der Waals surface area (Å²) < 4.78 is 4.80. The molecule has 0 unspecified atom stereocenters. The van der Waals surface area contributed by atoms with Gasteiger partial charge in [-0.3, -0.25) is 4.79 Å². The topological polar surface area (TPSA) is 109 Å². The highest BCUT2D eigenvalue weighted by Crippen LogP contribution is 1.96. The van der Waals surface area contributed by atoms with Crippen molar-refractivity contribution < 1.29 is 19.2 Å². The largest absolute Gasteiger partial charge is 0.480 e. The highest BCUT2D eigenvalue weighted by atomic mass is 16.5. The minimum absolute atomic E-state index is 0.0485. The molecule has 0 aliphatic carbocycles. The molecular formula is C10H14N4O4. The number of carboxylic acid groups (broad SMARTS) is 1. The molecule has 1 aromatic heterocycles. The standard InChI is InChI=1S/C10H14N4O4/c1-3-4-14(6-9(15)16)10(17)11-5-8-12-7(2)13-18-8/h3H,1,4-6H2,2H3,(H,11,17)(H,15,16). The van der Waals surface area contributed by atoms with Gasteiger partial charge >= 0.3 is 12.0 Å². The van der Waals surface area contributed by atoms with Crippen molar-refractivity contribution in [1.29, 1.82) is 0 Å². The van der Waals surface area contributed by atoms with Crippen LogP contribution in [0.25, 0.3) is 0 Å². The number of urea groups is 1. The van der Waals surface area contributed by atoms with E-state index in [0.29, 0.717) is 5.82 Å². The van der Waals surface area contributed by atoms with E-state index in [1.165, 1.54) is 6.08 Å². The van der Waals surface area contributed by atoms with Crippen molar-refractivity contribution in [2.24, 2.45) is 0 Å². The third-order valence-electron chi connectivity index (χ3n) is 1.92. The summed E-state index contributed by atoms with van der Waals surface area (Å²) in [4.78, 5) is 27.2. The molecule has 0 radical (unpaired) electrons. The van der Waals surface area contributed by atoms with Gasteiger partial charge in [0.25, 0.3) is 0 Å². The number of aromatic nitrogens is 2. The normalized spacial score (nSPS) is 9.83. The van der Waals surface area contributed by atoms with E-state index in [9.17, 15) is 9.59 Å². The van der Waals surface area contributed by atoms with E-state index in [1.54, 1.807) is 6.92 Å². The van der Waals surface area contributed by atoms with Crippen molar-refractivity contribution in [3.63, 3.8) is 0 Å². The first-order valence-corrected chi connectivity index (χ1v) is 5.17. The second-order valence-electron chi connectivity index (χ2n) is 3.46. The number of nitrogens with one attached hydrogen (secondary N) is 1. The third-order valence-corrected chi connectivity index (χ3v) is 1.92. The van der Waals surface area contributed by atoms with Crippen molar-refractivity contribution >= 4 is 12.0 Å². The number of aliphatic carboxylic acids is 1. The van der Waals surface area contributed by atoms with Gasteiger partial charge in [-0.05, 0) is 6.92 Å². The van der Waals surface area contributed by atoms with E-state index in [4.69, 9.17) is 9.63 Å². The van der Waals surface area contributed by atoms with Crippen molar-refractivity contribution in [3.8, 4) is 0 Å². The second-order valence-corrected chi connectivity index (χ2v) is 3.46. The fourth-order valence-corrected chi connectivity index (χ4v) is 1.21. The van der Waals surface area contributed by atoms with Gasteiger partial charge < -0.3 is 19.8 Å². The van der Waals surface area contributed by atoms with Crippen molar-refractivity contribution in [1.82, 2.24) is 20.4 Å². The molecule has 2 amide bonds. The summed E-state index contributed by atoms with van der Waals surface area (Å²) >= 11 is 0. The Morgan fingerprint density at radius 1 is 1.61 bits per heavy atom. The molecule has 0 aliphatic rings. The zero-order valence-corrected chi connectivity index (χ0v) is 9.92. The average Bonchev–Trinajstić information content (AvgIpc) is 2.71. The van der Waals surface area contributed by atoms with E-state index < -0.39 is 18.5 Å². The van der Waals surface area contributed by atoms with Gasteiger partial charge in [-0.25, -0.2) is 4.79 Å². The van der Waals surface area contributed by atoms with E-state index in [1.807, 2.05) is 0 Å². The summed E-state index contributed by atoms with van der Waals surface area (Å²) in [5.41, 5.74) is 0. The number of carbonyl (C=O) groups is 2. The monoisotopic (exact) mass is 254 g/mol. The van der Waals surface area contributed by atoms with Gasteiger partial charge in [-0.15, -0.1) is 6.58 Å². The lowest BCUT2D eigenvalue weighted by molar-refractivity contribution is -0.137. The predicted octanol–water partition coefficient (Wildman–Crippen LogP) is 0.160. The Morgan fingerprint density at radius 3 is 2.83 bits per heavy atom. The third kappa shape index (κ3) is 4.24. The molecule has 0 spiro atoms. The molecule has 0 saturated carbocycles. The van der Waals surface area contributed by atoms with Crippen LogP contribution in [0.1, 0.15) is 11.7 Å². The molecule has 8 heteroatoms. The number of hydrogen-bond acceptors (Lipinski definition) is 5. The number of hydrogen-bond donors (Lipinski definition) is 2. The molecule has 0 aliphatic heterocycles. The molecule has 0 aromatic carbocycles. The SMILES string of the molecule is C=CCN(CC(=O)O)C(=O)NCc1nc(C)no1. The molecule has 1 rings (SSSR count). The molecule has 0 fully saturated rings. The highest BCUT2D eigenvalue weighted by molar-refractivity contribution is 5.80. The fraction of sp³-hybridized carbons (Fsp3) is 0.400. The maximum absolute atomic E-state index is 11.7. The summed E-state index contributed by atoms with van der Waals surface area (Å²) in [5.74, 6) is -0.372. The lowest BCUT2D eigenvalue weighted by Crippen LogP contribution is -2.42. The first-order chi connectivity index (χ1) is 8.52. The molecule has 0 atom stereocenters. The van der Waals surface area contributed by atoms with Gasteiger partial charge in [-0.1, -0.05) is 11.2 Å². The Bertz CT molecular complexity index is 443. The Hall–Kier alpha value is -2.38. The summed E-state index contributed by atoms with van der Waals surface area (Å²) in [6.07, 6.45) is 1.44. The minimum Gasteiger partial charge on any atom is -0.480 e. The molecule has 2 N–H and O–H groups in total. The van der Waals surface area contributed by atoms with Crippen LogP contribution in [-0.2, 0) is 11.3 Å². The number of aryl methyl sites for hydroxylation is 1. The zero-order valence-electron chi connectivity index (χ0n) is 9.92. The summed E-state index contributed by atoms with van der Waals surface area (Å²) in [6, 6.07) is -0.534. The Kier molecular flexibility index (Phi) is 4.85.